The van der Waals surface area contributed by atoms with E-state index in [1.165, 1.54) is 4.70 Å². The lowest BCUT2D eigenvalue weighted by Gasteiger charge is -2.00. The molecule has 0 unspecified atom stereocenters. The predicted octanol–water partition coefficient (Wildman–Crippen LogP) is 4.56. The fourth-order valence-corrected chi connectivity index (χ4v) is 5.26. The van der Waals surface area contributed by atoms with Crippen molar-refractivity contribution >= 4 is 42.8 Å². The third-order valence-corrected chi connectivity index (χ3v) is 7.41. The molecular formula is C17H12N2O2S3. The molecule has 0 saturated carbocycles. The van der Waals surface area contributed by atoms with E-state index in [1.54, 1.807) is 35.6 Å². The molecule has 0 spiro atoms. The molecule has 4 nitrogen and oxygen atoms in total. The van der Waals surface area contributed by atoms with Crippen LogP contribution in [0.25, 0.3) is 21.5 Å². The minimum atomic E-state index is -3.63. The van der Waals surface area contributed by atoms with Gasteiger partial charge in [0.2, 0.25) is 14.2 Å². The minimum absolute atomic E-state index is 0.0202. The molecule has 120 valence electrons. The van der Waals surface area contributed by atoms with E-state index in [0.717, 1.165) is 28.0 Å². The maximum Gasteiger partial charge on any atom is 0.235 e. The van der Waals surface area contributed by atoms with Gasteiger partial charge in [-0.15, -0.1) is 11.3 Å². The summed E-state index contributed by atoms with van der Waals surface area (Å²) in [5, 5.41) is 3.13. The second-order valence-electron chi connectivity index (χ2n) is 5.37. The summed E-state index contributed by atoms with van der Waals surface area (Å²) in [5.41, 5.74) is 1.83. The second-order valence-corrected chi connectivity index (χ2v) is 9.20. The summed E-state index contributed by atoms with van der Waals surface area (Å²) in [6.45, 7) is 1.92. The Morgan fingerprint density at radius 3 is 2.58 bits per heavy atom. The molecule has 0 bridgehead atoms. The third-order valence-electron chi connectivity index (χ3n) is 3.68. The maximum atomic E-state index is 12.7. The Morgan fingerprint density at radius 2 is 1.79 bits per heavy atom. The molecule has 0 saturated heterocycles. The van der Waals surface area contributed by atoms with Gasteiger partial charge < -0.3 is 0 Å². The molecule has 0 aliphatic carbocycles. The van der Waals surface area contributed by atoms with E-state index < -0.39 is 9.84 Å². The fraction of sp³-hybridized carbons (Fsp3) is 0.0588. The van der Waals surface area contributed by atoms with Gasteiger partial charge in [-0.25, -0.2) is 13.4 Å². The average Bonchev–Trinajstić information content (AvgIpc) is 3.24. The summed E-state index contributed by atoms with van der Waals surface area (Å²) >= 11 is 2.58. The number of nitrogens with zero attached hydrogens (tertiary/aromatic N) is 2. The lowest BCUT2D eigenvalue weighted by atomic mass is 10.1. The monoisotopic (exact) mass is 372 g/mol. The van der Waals surface area contributed by atoms with Crippen LogP contribution in [0.3, 0.4) is 0 Å². The van der Waals surface area contributed by atoms with Crippen LogP contribution in [-0.4, -0.2) is 17.8 Å². The standard InChI is InChI=1S/C17H12N2O2S3/c1-11-2-5-14(6-3-11)24(20,21)17-18-16(19-23-17)13-4-7-15-12(10-13)8-9-22-15/h2-10H,1H3. The van der Waals surface area contributed by atoms with Crippen LogP contribution in [0.4, 0.5) is 0 Å². The first kappa shape index (κ1) is 15.4. The van der Waals surface area contributed by atoms with E-state index in [9.17, 15) is 8.42 Å². The summed E-state index contributed by atoms with van der Waals surface area (Å²) in [6.07, 6.45) is 0. The topological polar surface area (TPSA) is 59.9 Å². The van der Waals surface area contributed by atoms with Gasteiger partial charge in [-0.3, -0.25) is 0 Å². The molecule has 0 atom stereocenters. The molecule has 4 aromatic rings. The van der Waals surface area contributed by atoms with Crippen LogP contribution in [0.5, 0.6) is 0 Å². The van der Waals surface area contributed by atoms with Crippen molar-refractivity contribution in [3.8, 4) is 11.4 Å². The number of sulfone groups is 1. The molecule has 0 aliphatic heterocycles. The van der Waals surface area contributed by atoms with Crippen LogP contribution in [-0.2, 0) is 9.84 Å². The number of benzene rings is 2. The summed E-state index contributed by atoms with van der Waals surface area (Å²) in [4.78, 5) is 4.50. The SMILES string of the molecule is Cc1ccc(S(=O)(=O)c2nc(-c3ccc4sccc4c3)ns2)cc1. The Bertz CT molecular complexity index is 1130. The van der Waals surface area contributed by atoms with Crippen LogP contribution in [0.15, 0.2) is 63.1 Å². The average molecular weight is 372 g/mol. The quantitative estimate of drug-likeness (QED) is 0.529. The van der Waals surface area contributed by atoms with Crippen molar-refractivity contribution in [3.63, 3.8) is 0 Å². The van der Waals surface area contributed by atoms with Gasteiger partial charge >= 0.3 is 0 Å². The van der Waals surface area contributed by atoms with Crippen molar-refractivity contribution in [3.05, 3.63) is 59.5 Å². The van der Waals surface area contributed by atoms with Gasteiger partial charge in [0.25, 0.3) is 0 Å². The number of rotatable bonds is 3. The highest BCUT2D eigenvalue weighted by molar-refractivity contribution is 7.93. The summed E-state index contributed by atoms with van der Waals surface area (Å²) in [6, 6.07) is 14.7. The Kier molecular flexibility index (Phi) is 3.71. The smallest absolute Gasteiger partial charge is 0.216 e. The molecule has 0 amide bonds. The van der Waals surface area contributed by atoms with Crippen LogP contribution >= 0.6 is 22.9 Å². The van der Waals surface area contributed by atoms with Crippen molar-refractivity contribution in [2.45, 2.75) is 16.2 Å². The van der Waals surface area contributed by atoms with Crippen LogP contribution in [0.1, 0.15) is 5.56 Å². The maximum absolute atomic E-state index is 12.7. The lowest BCUT2D eigenvalue weighted by Crippen LogP contribution is -2.01. The first-order valence-electron chi connectivity index (χ1n) is 7.17. The van der Waals surface area contributed by atoms with Gasteiger partial charge in [0.15, 0.2) is 5.82 Å². The number of aromatic nitrogens is 2. The molecule has 7 heteroatoms. The number of thiophene rings is 1. The normalized spacial score (nSPS) is 11.9. The van der Waals surface area contributed by atoms with Crippen molar-refractivity contribution in [2.75, 3.05) is 0 Å². The van der Waals surface area contributed by atoms with Crippen molar-refractivity contribution in [2.24, 2.45) is 0 Å². The molecule has 2 aromatic carbocycles. The van der Waals surface area contributed by atoms with Crippen molar-refractivity contribution in [1.29, 1.82) is 0 Å². The van der Waals surface area contributed by atoms with Gasteiger partial charge in [0, 0.05) is 10.3 Å². The van der Waals surface area contributed by atoms with Crippen molar-refractivity contribution in [1.82, 2.24) is 9.36 Å². The van der Waals surface area contributed by atoms with Gasteiger partial charge in [-0.2, -0.15) is 4.37 Å². The molecule has 0 fully saturated rings. The molecule has 24 heavy (non-hydrogen) atoms. The summed E-state index contributed by atoms with van der Waals surface area (Å²) in [7, 11) is -3.63. The van der Waals surface area contributed by atoms with Gasteiger partial charge in [0.1, 0.15) is 0 Å². The van der Waals surface area contributed by atoms with Gasteiger partial charge in [-0.05, 0) is 65.6 Å². The van der Waals surface area contributed by atoms with Crippen LogP contribution in [0, 0.1) is 6.92 Å². The van der Waals surface area contributed by atoms with E-state index in [1.807, 2.05) is 36.6 Å². The zero-order chi connectivity index (χ0) is 16.7. The molecule has 0 radical (unpaired) electrons. The van der Waals surface area contributed by atoms with Crippen molar-refractivity contribution < 1.29 is 8.42 Å². The molecule has 2 aromatic heterocycles. The lowest BCUT2D eigenvalue weighted by molar-refractivity contribution is 0.595. The van der Waals surface area contributed by atoms with Crippen LogP contribution < -0.4 is 0 Å². The van der Waals surface area contributed by atoms with Gasteiger partial charge in [-0.1, -0.05) is 17.7 Å². The zero-order valence-electron chi connectivity index (χ0n) is 12.6. The van der Waals surface area contributed by atoms with Crippen LogP contribution in [0.2, 0.25) is 0 Å². The Labute approximate surface area is 147 Å². The zero-order valence-corrected chi connectivity index (χ0v) is 15.1. The summed E-state index contributed by atoms with van der Waals surface area (Å²) in [5.74, 6) is 0.443. The minimum Gasteiger partial charge on any atom is -0.216 e. The molecule has 4 rings (SSSR count). The third kappa shape index (κ3) is 2.64. The largest absolute Gasteiger partial charge is 0.235 e. The Hall–Kier alpha value is -2.09. The molecule has 2 heterocycles. The van der Waals surface area contributed by atoms with E-state index in [4.69, 9.17) is 0 Å². The molecular weight excluding hydrogens is 360 g/mol. The highest BCUT2D eigenvalue weighted by atomic mass is 32.2. The number of fused-ring (bicyclic) bond motifs is 1. The number of aryl methyl sites for hydroxylation is 1. The molecule has 0 aliphatic rings. The highest BCUT2D eigenvalue weighted by Gasteiger charge is 2.23. The van der Waals surface area contributed by atoms with E-state index >= 15 is 0 Å². The number of hydrogen-bond acceptors (Lipinski definition) is 6. The van der Waals surface area contributed by atoms with Gasteiger partial charge in [0.05, 0.1) is 4.90 Å². The Balaban J connectivity index is 1.75. The van der Waals surface area contributed by atoms with E-state index in [0.29, 0.717) is 5.82 Å². The Morgan fingerprint density at radius 1 is 1.00 bits per heavy atom. The molecule has 0 N–H and O–H groups in total. The second kappa shape index (κ2) is 5.77. The first-order chi connectivity index (χ1) is 11.5. The van der Waals surface area contributed by atoms with E-state index in [2.05, 4.69) is 9.36 Å². The fourth-order valence-electron chi connectivity index (χ4n) is 2.36. The summed E-state index contributed by atoms with van der Waals surface area (Å²) < 4.78 is 30.8. The van der Waals surface area contributed by atoms with E-state index in [-0.39, 0.29) is 9.24 Å². The first-order valence-corrected chi connectivity index (χ1v) is 10.3. The highest BCUT2D eigenvalue weighted by Crippen LogP contribution is 2.29. The number of hydrogen-bond donors (Lipinski definition) is 0. The predicted molar refractivity (Wildman–Crippen MR) is 97.4 cm³/mol.